The molecule has 1 aliphatic carbocycles. The molecule has 4 rings (SSSR count). The van der Waals surface area contributed by atoms with Gasteiger partial charge in [-0.15, -0.1) is 0 Å². The number of hydrogen-bond acceptors (Lipinski definition) is 4. The largest absolute Gasteiger partial charge is 0.493 e. The molecule has 0 radical (unpaired) electrons. The summed E-state index contributed by atoms with van der Waals surface area (Å²) in [6.07, 6.45) is 6.21. The van der Waals surface area contributed by atoms with Gasteiger partial charge in [0, 0.05) is 36.9 Å². The fraction of sp³-hybridized carbons (Fsp3) is 0.500. The van der Waals surface area contributed by atoms with Crippen LogP contribution in [0, 0.1) is 0 Å². The molecule has 2 aliphatic rings. The molecule has 2 fully saturated rings. The molecule has 1 N–H and O–H groups in total. The highest BCUT2D eigenvalue weighted by Crippen LogP contribution is 2.36. The van der Waals surface area contributed by atoms with E-state index in [0.29, 0.717) is 18.2 Å². The number of ether oxygens (including phenoxy) is 2. The lowest BCUT2D eigenvalue weighted by molar-refractivity contribution is 0.201. The molecule has 0 spiro atoms. The van der Waals surface area contributed by atoms with Gasteiger partial charge in [-0.2, -0.15) is 0 Å². The van der Waals surface area contributed by atoms with Gasteiger partial charge in [0.2, 0.25) is 0 Å². The van der Waals surface area contributed by atoms with Crippen molar-refractivity contribution >= 4 is 5.69 Å². The molecule has 0 bridgehead atoms. The van der Waals surface area contributed by atoms with Crippen molar-refractivity contribution in [3.63, 3.8) is 0 Å². The number of nitrogens with zero attached hydrogens (tertiary/aromatic N) is 1. The van der Waals surface area contributed by atoms with Crippen molar-refractivity contribution in [2.45, 2.75) is 57.2 Å². The fourth-order valence-electron chi connectivity index (χ4n) is 4.45. The predicted molar refractivity (Wildman–Crippen MR) is 115 cm³/mol. The second-order valence-electron chi connectivity index (χ2n) is 8.16. The number of methoxy groups -OCH3 is 1. The Morgan fingerprint density at radius 3 is 2.57 bits per heavy atom. The van der Waals surface area contributed by atoms with E-state index in [1.54, 1.807) is 7.11 Å². The Bertz CT molecular complexity index is 758. The Balaban J connectivity index is 1.50. The lowest BCUT2D eigenvalue weighted by Crippen LogP contribution is -2.56. The maximum absolute atomic E-state index is 6.32. The van der Waals surface area contributed by atoms with Crippen LogP contribution in [0.2, 0.25) is 0 Å². The van der Waals surface area contributed by atoms with Crippen molar-refractivity contribution in [3.8, 4) is 11.5 Å². The highest BCUT2D eigenvalue weighted by molar-refractivity contribution is 5.57. The molecule has 1 saturated carbocycles. The summed E-state index contributed by atoms with van der Waals surface area (Å²) < 4.78 is 11.9. The first-order valence-corrected chi connectivity index (χ1v) is 10.6. The maximum atomic E-state index is 6.32. The Labute approximate surface area is 168 Å². The van der Waals surface area contributed by atoms with Crippen LogP contribution in [0.3, 0.4) is 0 Å². The number of hydrogen-bond donors (Lipinski definition) is 1. The minimum absolute atomic E-state index is 0.329. The van der Waals surface area contributed by atoms with Crippen LogP contribution in [0.1, 0.15) is 38.2 Å². The van der Waals surface area contributed by atoms with Gasteiger partial charge >= 0.3 is 0 Å². The first-order valence-electron chi connectivity index (χ1n) is 10.6. The molecule has 0 unspecified atom stereocenters. The second-order valence-corrected chi connectivity index (χ2v) is 8.16. The normalized spacial score (nSPS) is 23.0. The van der Waals surface area contributed by atoms with Gasteiger partial charge in [0.15, 0.2) is 11.5 Å². The third-order valence-electron chi connectivity index (χ3n) is 6.05. The zero-order valence-corrected chi connectivity index (χ0v) is 17.1. The van der Waals surface area contributed by atoms with Gasteiger partial charge < -0.3 is 19.7 Å². The Hall–Kier alpha value is -2.20. The van der Waals surface area contributed by atoms with E-state index < -0.39 is 0 Å². The van der Waals surface area contributed by atoms with E-state index in [1.807, 2.05) is 0 Å². The van der Waals surface area contributed by atoms with Gasteiger partial charge in [0.1, 0.15) is 0 Å². The summed E-state index contributed by atoms with van der Waals surface area (Å²) in [5, 5.41) is 3.72. The summed E-state index contributed by atoms with van der Waals surface area (Å²) >= 11 is 0. The monoisotopic (exact) mass is 380 g/mol. The van der Waals surface area contributed by atoms with Crippen LogP contribution in [0.25, 0.3) is 0 Å². The molecule has 1 aliphatic heterocycles. The second kappa shape index (κ2) is 8.87. The highest BCUT2D eigenvalue weighted by atomic mass is 16.5. The molecule has 4 nitrogen and oxygen atoms in total. The minimum Gasteiger partial charge on any atom is -0.493 e. The number of benzene rings is 2. The van der Waals surface area contributed by atoms with Crippen molar-refractivity contribution in [2.75, 3.05) is 25.1 Å². The molecule has 2 aromatic rings. The van der Waals surface area contributed by atoms with E-state index in [2.05, 4.69) is 65.7 Å². The summed E-state index contributed by atoms with van der Waals surface area (Å²) in [6.45, 7) is 4.26. The number of nitrogens with one attached hydrogen (secondary N) is 1. The minimum atomic E-state index is 0.329. The standard InChI is InChI=1S/C24H32N2O2/c1-18-16-25-20(14-19-8-4-3-5-9-19)17-26(18)21-12-13-23(27-2)24(15-21)28-22-10-6-7-11-22/h3-5,8-9,12-13,15,18,20,22,25H,6-7,10-11,14,16-17H2,1-2H3/t18-,20-/m0/s1. The zero-order chi connectivity index (χ0) is 19.3. The zero-order valence-electron chi connectivity index (χ0n) is 17.1. The Morgan fingerprint density at radius 2 is 1.82 bits per heavy atom. The van der Waals surface area contributed by atoms with Gasteiger partial charge in [0.05, 0.1) is 13.2 Å². The van der Waals surface area contributed by atoms with Gasteiger partial charge in [-0.1, -0.05) is 30.3 Å². The summed E-state index contributed by atoms with van der Waals surface area (Å²) in [6, 6.07) is 18.0. The summed E-state index contributed by atoms with van der Waals surface area (Å²) in [7, 11) is 1.72. The molecule has 0 amide bonds. The van der Waals surface area contributed by atoms with Gasteiger partial charge in [0.25, 0.3) is 0 Å². The van der Waals surface area contributed by atoms with Crippen LogP contribution in [-0.2, 0) is 6.42 Å². The van der Waals surface area contributed by atoms with Crippen LogP contribution in [0.5, 0.6) is 11.5 Å². The maximum Gasteiger partial charge on any atom is 0.163 e. The van der Waals surface area contributed by atoms with Crippen molar-refractivity contribution in [2.24, 2.45) is 0 Å². The van der Waals surface area contributed by atoms with E-state index in [9.17, 15) is 0 Å². The molecule has 1 saturated heterocycles. The molecule has 1 heterocycles. The van der Waals surface area contributed by atoms with E-state index in [-0.39, 0.29) is 0 Å². The summed E-state index contributed by atoms with van der Waals surface area (Å²) in [4.78, 5) is 2.51. The Kier molecular flexibility index (Phi) is 6.06. The first-order chi connectivity index (χ1) is 13.7. The van der Waals surface area contributed by atoms with E-state index in [4.69, 9.17) is 9.47 Å². The van der Waals surface area contributed by atoms with E-state index in [1.165, 1.54) is 24.1 Å². The average molecular weight is 381 g/mol. The first kappa shape index (κ1) is 19.1. The molecule has 0 aromatic heterocycles. The molecular weight excluding hydrogens is 348 g/mol. The molecule has 150 valence electrons. The number of rotatable bonds is 6. The van der Waals surface area contributed by atoms with Gasteiger partial charge in [-0.25, -0.2) is 0 Å². The topological polar surface area (TPSA) is 33.7 Å². The van der Waals surface area contributed by atoms with Crippen LogP contribution in [-0.4, -0.2) is 38.4 Å². The van der Waals surface area contributed by atoms with E-state index >= 15 is 0 Å². The van der Waals surface area contributed by atoms with Crippen molar-refractivity contribution in [1.82, 2.24) is 5.32 Å². The van der Waals surface area contributed by atoms with Crippen LogP contribution in [0.15, 0.2) is 48.5 Å². The van der Waals surface area contributed by atoms with Crippen LogP contribution < -0.4 is 19.7 Å². The predicted octanol–water partition coefficient (Wildman–Crippen LogP) is 4.43. The molecule has 2 atom stereocenters. The van der Waals surface area contributed by atoms with Crippen LogP contribution in [0.4, 0.5) is 5.69 Å². The molecule has 28 heavy (non-hydrogen) atoms. The SMILES string of the molecule is COc1ccc(N2C[C@H](Cc3ccccc3)NC[C@@H]2C)cc1OC1CCCC1. The van der Waals surface area contributed by atoms with Gasteiger partial charge in [-0.05, 0) is 56.7 Å². The summed E-state index contributed by atoms with van der Waals surface area (Å²) in [5.74, 6) is 1.72. The molecule has 4 heteroatoms. The van der Waals surface area contributed by atoms with Crippen molar-refractivity contribution in [1.29, 1.82) is 0 Å². The lowest BCUT2D eigenvalue weighted by atomic mass is 10.0. The van der Waals surface area contributed by atoms with E-state index in [0.717, 1.165) is 43.9 Å². The third-order valence-corrected chi connectivity index (χ3v) is 6.05. The number of anilines is 1. The van der Waals surface area contributed by atoms with Crippen molar-refractivity contribution < 1.29 is 9.47 Å². The van der Waals surface area contributed by atoms with Crippen LogP contribution >= 0.6 is 0 Å². The lowest BCUT2D eigenvalue weighted by Gasteiger charge is -2.40. The van der Waals surface area contributed by atoms with Gasteiger partial charge in [-0.3, -0.25) is 0 Å². The third kappa shape index (κ3) is 4.44. The molecular formula is C24H32N2O2. The van der Waals surface area contributed by atoms with Crippen molar-refractivity contribution in [3.05, 3.63) is 54.1 Å². The summed E-state index contributed by atoms with van der Waals surface area (Å²) in [5.41, 5.74) is 2.61. The average Bonchev–Trinajstić information content (AvgIpc) is 3.23. The quantitative estimate of drug-likeness (QED) is 0.804. The highest BCUT2D eigenvalue weighted by Gasteiger charge is 2.26. The smallest absolute Gasteiger partial charge is 0.163 e. The number of piperazine rings is 1. The molecule has 2 aromatic carbocycles. The fourth-order valence-corrected chi connectivity index (χ4v) is 4.45. The Morgan fingerprint density at radius 1 is 1.04 bits per heavy atom.